The molecule has 3 aromatic carbocycles. The predicted octanol–water partition coefficient (Wildman–Crippen LogP) is 5.31. The van der Waals surface area contributed by atoms with Crippen LogP contribution in [0.5, 0.6) is 11.5 Å². The fourth-order valence-corrected chi connectivity index (χ4v) is 4.75. The molecule has 1 saturated heterocycles. The van der Waals surface area contributed by atoms with Crippen molar-refractivity contribution in [2.45, 2.75) is 26.4 Å². The van der Waals surface area contributed by atoms with Crippen molar-refractivity contribution in [3.05, 3.63) is 87.9 Å². The molecule has 1 N–H and O–H groups in total. The van der Waals surface area contributed by atoms with E-state index in [9.17, 15) is 4.79 Å². The number of halogens is 1. The molecule has 1 amide bonds. The van der Waals surface area contributed by atoms with Gasteiger partial charge in [-0.3, -0.25) is 9.69 Å². The van der Waals surface area contributed by atoms with Gasteiger partial charge >= 0.3 is 0 Å². The molecule has 1 fully saturated rings. The van der Waals surface area contributed by atoms with Gasteiger partial charge in [0.25, 0.3) is 5.91 Å². The Morgan fingerprint density at radius 1 is 0.917 bits per heavy atom. The fraction of sp³-hybridized carbons (Fsp3) is 0.345. The van der Waals surface area contributed by atoms with Crippen molar-refractivity contribution in [1.29, 1.82) is 0 Å². The van der Waals surface area contributed by atoms with Gasteiger partial charge in [-0.15, -0.1) is 0 Å². The van der Waals surface area contributed by atoms with Crippen molar-refractivity contribution in [1.82, 2.24) is 10.2 Å². The molecular weight excluding hydrogens is 474 g/mol. The van der Waals surface area contributed by atoms with E-state index in [-0.39, 0.29) is 5.91 Å². The van der Waals surface area contributed by atoms with Crippen molar-refractivity contribution in [2.75, 3.05) is 45.3 Å². The maximum absolute atomic E-state index is 12.6. The Morgan fingerprint density at radius 2 is 1.67 bits per heavy atom. The maximum atomic E-state index is 12.6. The molecule has 190 valence electrons. The number of carbonyl (C=O) groups excluding carboxylic acids is 1. The minimum atomic E-state index is -0.110. The highest BCUT2D eigenvalue weighted by molar-refractivity contribution is 6.31. The standard InChI is InChI=1S/C29H34ClN3O3/c1-21-25(6-4-7-26(21)30)29(34)31-19-22-8-11-24(12-9-22)33-15-5-14-32(16-17-33)20-23-10-13-27(35-2)28(18-23)36-3/h4,6-13,18H,5,14-17,19-20H2,1-3H3,(H,31,34). The Morgan fingerprint density at radius 3 is 2.42 bits per heavy atom. The molecular formula is C29H34ClN3O3. The minimum absolute atomic E-state index is 0.110. The number of ether oxygens (including phenoxy) is 2. The highest BCUT2D eigenvalue weighted by atomic mass is 35.5. The number of hydrogen-bond donors (Lipinski definition) is 1. The van der Waals surface area contributed by atoms with Gasteiger partial charge in [0.05, 0.1) is 14.2 Å². The molecule has 1 heterocycles. The van der Waals surface area contributed by atoms with Crippen LogP contribution in [0.3, 0.4) is 0 Å². The summed E-state index contributed by atoms with van der Waals surface area (Å²) in [5.74, 6) is 1.41. The van der Waals surface area contributed by atoms with Crippen LogP contribution < -0.4 is 19.7 Å². The van der Waals surface area contributed by atoms with Gasteiger partial charge in [0, 0.05) is 55.5 Å². The lowest BCUT2D eigenvalue weighted by Crippen LogP contribution is -2.30. The van der Waals surface area contributed by atoms with Gasteiger partial charge < -0.3 is 19.7 Å². The number of amides is 1. The fourth-order valence-electron chi connectivity index (χ4n) is 4.58. The van der Waals surface area contributed by atoms with E-state index < -0.39 is 0 Å². The lowest BCUT2D eigenvalue weighted by molar-refractivity contribution is 0.0950. The largest absolute Gasteiger partial charge is 0.493 e. The number of hydrogen-bond acceptors (Lipinski definition) is 5. The Kier molecular flexibility index (Phi) is 8.73. The zero-order chi connectivity index (χ0) is 25.5. The molecule has 0 atom stereocenters. The SMILES string of the molecule is COc1ccc(CN2CCCN(c3ccc(CNC(=O)c4cccc(Cl)c4C)cc3)CC2)cc1OC. The summed E-state index contributed by atoms with van der Waals surface area (Å²) in [6.07, 6.45) is 1.10. The molecule has 6 nitrogen and oxygen atoms in total. The van der Waals surface area contributed by atoms with Gasteiger partial charge in [0.2, 0.25) is 0 Å². The molecule has 0 saturated carbocycles. The number of nitrogens with one attached hydrogen (secondary N) is 1. The van der Waals surface area contributed by atoms with Gasteiger partial charge in [0.15, 0.2) is 11.5 Å². The van der Waals surface area contributed by atoms with Crippen molar-refractivity contribution < 1.29 is 14.3 Å². The summed E-state index contributed by atoms with van der Waals surface area (Å²) < 4.78 is 10.8. The molecule has 0 aromatic heterocycles. The summed E-state index contributed by atoms with van der Waals surface area (Å²) in [5, 5.41) is 3.61. The van der Waals surface area contributed by atoms with E-state index in [2.05, 4.69) is 51.5 Å². The Bertz CT molecular complexity index is 1180. The third kappa shape index (κ3) is 6.31. The quantitative estimate of drug-likeness (QED) is 0.448. The number of carbonyl (C=O) groups is 1. The molecule has 0 unspecified atom stereocenters. The second-order valence-electron chi connectivity index (χ2n) is 9.07. The van der Waals surface area contributed by atoms with Gasteiger partial charge in [0.1, 0.15) is 0 Å². The monoisotopic (exact) mass is 507 g/mol. The minimum Gasteiger partial charge on any atom is -0.493 e. The van der Waals surface area contributed by atoms with Crippen LogP contribution in [0.15, 0.2) is 60.7 Å². The number of nitrogens with zero attached hydrogens (tertiary/aromatic N) is 2. The summed E-state index contributed by atoms with van der Waals surface area (Å²) in [4.78, 5) is 17.5. The second-order valence-corrected chi connectivity index (χ2v) is 9.47. The van der Waals surface area contributed by atoms with E-state index >= 15 is 0 Å². The van der Waals surface area contributed by atoms with Crippen molar-refractivity contribution >= 4 is 23.2 Å². The van der Waals surface area contributed by atoms with Crippen molar-refractivity contribution in [3.8, 4) is 11.5 Å². The van der Waals surface area contributed by atoms with E-state index in [4.69, 9.17) is 21.1 Å². The number of methoxy groups -OCH3 is 2. The molecule has 0 aliphatic carbocycles. The first-order chi connectivity index (χ1) is 17.5. The average molecular weight is 508 g/mol. The third-order valence-electron chi connectivity index (χ3n) is 6.71. The van der Waals surface area contributed by atoms with Crippen LogP contribution in [0.2, 0.25) is 5.02 Å². The summed E-state index contributed by atoms with van der Waals surface area (Å²) in [7, 11) is 3.33. The number of rotatable bonds is 8. The average Bonchev–Trinajstić information content (AvgIpc) is 3.14. The molecule has 3 aromatic rings. The Balaban J connectivity index is 1.30. The van der Waals surface area contributed by atoms with E-state index in [1.165, 1.54) is 11.3 Å². The highest BCUT2D eigenvalue weighted by Gasteiger charge is 2.17. The van der Waals surface area contributed by atoms with Crippen LogP contribution in [0.1, 0.15) is 33.5 Å². The molecule has 0 spiro atoms. The van der Waals surface area contributed by atoms with Crippen LogP contribution >= 0.6 is 11.6 Å². The maximum Gasteiger partial charge on any atom is 0.251 e. The van der Waals surface area contributed by atoms with E-state index in [0.717, 1.165) is 61.8 Å². The summed E-state index contributed by atoms with van der Waals surface area (Å²) in [6.45, 7) is 7.26. The van der Waals surface area contributed by atoms with Crippen LogP contribution in [0.25, 0.3) is 0 Å². The first-order valence-electron chi connectivity index (χ1n) is 12.3. The molecule has 0 bridgehead atoms. The van der Waals surface area contributed by atoms with E-state index in [1.807, 2.05) is 13.0 Å². The molecule has 7 heteroatoms. The van der Waals surface area contributed by atoms with Crippen LogP contribution in [0, 0.1) is 6.92 Å². The van der Waals surface area contributed by atoms with Crippen molar-refractivity contribution in [3.63, 3.8) is 0 Å². The summed E-state index contributed by atoms with van der Waals surface area (Å²) in [6, 6.07) is 20.0. The van der Waals surface area contributed by atoms with Crippen LogP contribution in [-0.4, -0.2) is 51.2 Å². The Labute approximate surface area is 218 Å². The first kappa shape index (κ1) is 25.9. The second kappa shape index (κ2) is 12.2. The molecule has 4 rings (SSSR count). The smallest absolute Gasteiger partial charge is 0.251 e. The summed E-state index contributed by atoms with van der Waals surface area (Å²) >= 11 is 6.15. The van der Waals surface area contributed by atoms with Crippen LogP contribution in [-0.2, 0) is 13.1 Å². The number of anilines is 1. The first-order valence-corrected chi connectivity index (χ1v) is 12.7. The lowest BCUT2D eigenvalue weighted by Gasteiger charge is -2.24. The van der Waals surface area contributed by atoms with Gasteiger partial charge in [-0.25, -0.2) is 0 Å². The van der Waals surface area contributed by atoms with E-state index in [0.29, 0.717) is 17.1 Å². The van der Waals surface area contributed by atoms with Crippen LogP contribution in [0.4, 0.5) is 5.69 Å². The van der Waals surface area contributed by atoms with E-state index in [1.54, 1.807) is 32.4 Å². The predicted molar refractivity (Wildman–Crippen MR) is 145 cm³/mol. The Hall–Kier alpha value is -3.22. The zero-order valence-electron chi connectivity index (χ0n) is 21.2. The third-order valence-corrected chi connectivity index (χ3v) is 7.12. The molecule has 1 aliphatic rings. The highest BCUT2D eigenvalue weighted by Crippen LogP contribution is 2.28. The summed E-state index contributed by atoms with van der Waals surface area (Å²) in [5.41, 5.74) is 4.91. The van der Waals surface area contributed by atoms with Gasteiger partial charge in [-0.2, -0.15) is 0 Å². The van der Waals surface area contributed by atoms with Gasteiger partial charge in [-0.1, -0.05) is 35.9 Å². The lowest BCUT2D eigenvalue weighted by atomic mass is 10.1. The molecule has 1 aliphatic heterocycles. The topological polar surface area (TPSA) is 54.0 Å². The number of benzene rings is 3. The van der Waals surface area contributed by atoms with Crippen molar-refractivity contribution in [2.24, 2.45) is 0 Å². The molecule has 0 radical (unpaired) electrons. The zero-order valence-corrected chi connectivity index (χ0v) is 22.0. The normalized spacial score (nSPS) is 14.3. The molecule has 36 heavy (non-hydrogen) atoms. The van der Waals surface area contributed by atoms with Gasteiger partial charge in [-0.05, 0) is 66.4 Å².